The normalized spacial score (nSPS) is 23.4. The number of hydrogen-bond acceptors (Lipinski definition) is 3. The first-order valence-corrected chi connectivity index (χ1v) is 11.0. The Morgan fingerprint density at radius 1 is 1.03 bits per heavy atom. The molecule has 2 atom stereocenters. The number of benzene rings is 1. The van der Waals surface area contributed by atoms with Gasteiger partial charge in [-0.1, -0.05) is 30.3 Å². The Morgan fingerprint density at radius 2 is 1.86 bits per heavy atom. The van der Waals surface area contributed by atoms with Gasteiger partial charge in [-0.3, -0.25) is 9.59 Å². The van der Waals surface area contributed by atoms with Crippen LogP contribution in [0.15, 0.2) is 47.3 Å². The van der Waals surface area contributed by atoms with Crippen molar-refractivity contribution in [1.29, 1.82) is 0 Å². The molecular weight excluding hydrogens is 362 g/mol. The van der Waals surface area contributed by atoms with E-state index in [9.17, 15) is 9.59 Å². The number of aromatic nitrogens is 1. The summed E-state index contributed by atoms with van der Waals surface area (Å²) in [4.78, 5) is 27.6. The molecule has 1 amide bonds. The van der Waals surface area contributed by atoms with E-state index in [-0.39, 0.29) is 17.4 Å². The number of rotatable bonds is 6. The van der Waals surface area contributed by atoms with Crippen molar-refractivity contribution in [2.45, 2.75) is 44.6 Å². The molecule has 1 aromatic carbocycles. The zero-order valence-electron chi connectivity index (χ0n) is 16.8. The highest BCUT2D eigenvalue weighted by molar-refractivity contribution is 5.93. The first kappa shape index (κ1) is 18.6. The van der Waals surface area contributed by atoms with E-state index in [2.05, 4.69) is 46.6 Å². The van der Waals surface area contributed by atoms with Crippen LogP contribution in [0.25, 0.3) is 0 Å². The predicted octanol–water partition coefficient (Wildman–Crippen LogP) is 3.25. The Labute approximate surface area is 171 Å². The monoisotopic (exact) mass is 391 g/mol. The molecule has 29 heavy (non-hydrogen) atoms. The van der Waals surface area contributed by atoms with E-state index in [0.717, 1.165) is 51.1 Å². The Bertz CT molecular complexity index is 948. The van der Waals surface area contributed by atoms with Crippen molar-refractivity contribution in [2.24, 2.45) is 11.8 Å². The van der Waals surface area contributed by atoms with Gasteiger partial charge in [0.2, 0.25) is 5.91 Å². The average Bonchev–Trinajstić information content (AvgIpc) is 3.57. The summed E-state index contributed by atoms with van der Waals surface area (Å²) in [5.74, 6) is 1.05. The van der Waals surface area contributed by atoms with Crippen LogP contribution in [0.4, 0.5) is 5.69 Å². The van der Waals surface area contributed by atoms with Gasteiger partial charge in [0.05, 0.1) is 0 Å². The zero-order valence-corrected chi connectivity index (χ0v) is 16.8. The molecule has 3 aliphatic rings. The van der Waals surface area contributed by atoms with E-state index >= 15 is 0 Å². The first-order chi connectivity index (χ1) is 14.2. The minimum absolute atomic E-state index is 0.00300. The molecule has 1 saturated carbocycles. The lowest BCUT2D eigenvalue weighted by Crippen LogP contribution is -2.47. The lowest BCUT2D eigenvalue weighted by atomic mass is 9.83. The van der Waals surface area contributed by atoms with Crippen molar-refractivity contribution in [2.75, 3.05) is 25.0 Å². The third-order valence-corrected chi connectivity index (χ3v) is 6.67. The van der Waals surface area contributed by atoms with Crippen LogP contribution in [0.3, 0.4) is 0 Å². The number of fused-ring (bicyclic) bond motifs is 4. The van der Waals surface area contributed by atoms with Crippen molar-refractivity contribution in [1.82, 2.24) is 9.47 Å². The molecule has 1 aliphatic carbocycles. The number of anilines is 1. The maximum absolute atomic E-state index is 13.0. The van der Waals surface area contributed by atoms with E-state index in [1.165, 1.54) is 18.4 Å². The van der Waals surface area contributed by atoms with E-state index in [4.69, 9.17) is 0 Å². The Balaban J connectivity index is 1.25. The van der Waals surface area contributed by atoms with Crippen LogP contribution in [0.1, 0.15) is 42.9 Å². The van der Waals surface area contributed by atoms with Gasteiger partial charge in [-0.2, -0.15) is 0 Å². The number of piperidine rings is 1. The number of hydrogen-bond donors (Lipinski definition) is 1. The summed E-state index contributed by atoms with van der Waals surface area (Å²) < 4.78 is 1.93. The first-order valence-electron chi connectivity index (χ1n) is 11.0. The molecule has 2 fully saturated rings. The highest BCUT2D eigenvalue weighted by atomic mass is 16.2. The smallest absolute Gasteiger partial charge is 0.274 e. The number of carbonyl (C=O) groups excluding carboxylic acids is 1. The average molecular weight is 392 g/mol. The second-order valence-electron chi connectivity index (χ2n) is 9.00. The number of carbonyl (C=O) groups is 1. The van der Waals surface area contributed by atoms with Gasteiger partial charge in [0, 0.05) is 37.2 Å². The van der Waals surface area contributed by atoms with E-state index in [0.29, 0.717) is 17.5 Å². The van der Waals surface area contributed by atoms with Gasteiger partial charge in [-0.25, -0.2) is 0 Å². The molecule has 3 heterocycles. The maximum Gasteiger partial charge on any atom is 0.274 e. The van der Waals surface area contributed by atoms with Crippen LogP contribution in [-0.4, -0.2) is 35.0 Å². The summed E-state index contributed by atoms with van der Waals surface area (Å²) in [5, 5.41) is 2.86. The van der Waals surface area contributed by atoms with Gasteiger partial charge >= 0.3 is 0 Å². The number of nitrogens with one attached hydrogen (secondary N) is 1. The van der Waals surface area contributed by atoms with Crippen LogP contribution >= 0.6 is 0 Å². The van der Waals surface area contributed by atoms with Crippen LogP contribution in [0.5, 0.6) is 0 Å². The summed E-state index contributed by atoms with van der Waals surface area (Å²) >= 11 is 0. The van der Waals surface area contributed by atoms with Crippen LogP contribution in [0, 0.1) is 11.8 Å². The summed E-state index contributed by atoms with van der Waals surface area (Å²) in [5.41, 5.74) is 2.97. The Hall–Kier alpha value is -2.40. The molecule has 1 aromatic heterocycles. The summed E-state index contributed by atoms with van der Waals surface area (Å²) in [7, 11) is 0. The SMILES string of the molecule is O=C(Nc1ccc2n(c1=O)C[C@@H]1C[C@@H]2CN(CCCc2ccccc2)C1)C1CC1. The van der Waals surface area contributed by atoms with Gasteiger partial charge < -0.3 is 14.8 Å². The third-order valence-electron chi connectivity index (χ3n) is 6.67. The fourth-order valence-electron chi connectivity index (χ4n) is 5.05. The highest BCUT2D eigenvalue weighted by Gasteiger charge is 2.35. The minimum Gasteiger partial charge on any atom is -0.321 e. The number of amides is 1. The quantitative estimate of drug-likeness (QED) is 0.822. The molecule has 5 rings (SSSR count). The molecule has 2 aliphatic heterocycles. The molecule has 5 heteroatoms. The van der Waals surface area contributed by atoms with Crippen LogP contribution < -0.4 is 10.9 Å². The Kier molecular flexibility index (Phi) is 5.00. The van der Waals surface area contributed by atoms with Crippen molar-refractivity contribution >= 4 is 11.6 Å². The lowest BCUT2D eigenvalue weighted by Gasteiger charge is -2.43. The largest absolute Gasteiger partial charge is 0.321 e. The zero-order chi connectivity index (χ0) is 19.8. The second kappa shape index (κ2) is 7.79. The number of nitrogens with zero attached hydrogens (tertiary/aromatic N) is 2. The van der Waals surface area contributed by atoms with Gasteiger partial charge in [0.25, 0.3) is 5.56 Å². The van der Waals surface area contributed by atoms with Crippen LogP contribution in [0.2, 0.25) is 0 Å². The molecule has 152 valence electrons. The van der Waals surface area contributed by atoms with Gasteiger partial charge in [-0.15, -0.1) is 0 Å². The summed E-state index contributed by atoms with van der Waals surface area (Å²) in [6.07, 6.45) is 5.35. The molecule has 1 N–H and O–H groups in total. The molecular formula is C24H29N3O2. The second-order valence-corrected chi connectivity index (χ2v) is 9.00. The van der Waals surface area contributed by atoms with Crippen LogP contribution in [-0.2, 0) is 17.8 Å². The Morgan fingerprint density at radius 3 is 2.66 bits per heavy atom. The molecule has 2 aromatic rings. The van der Waals surface area contributed by atoms with Crippen molar-refractivity contribution in [3.8, 4) is 0 Å². The number of likely N-dealkylation sites (tertiary alicyclic amines) is 1. The van der Waals surface area contributed by atoms with Gasteiger partial charge in [0.15, 0.2) is 0 Å². The highest BCUT2D eigenvalue weighted by Crippen LogP contribution is 2.36. The fourth-order valence-corrected chi connectivity index (χ4v) is 5.05. The lowest BCUT2D eigenvalue weighted by molar-refractivity contribution is -0.117. The molecule has 1 saturated heterocycles. The standard InChI is InChI=1S/C24H29N3O2/c28-23(19-8-9-19)25-21-10-11-22-20-13-18(15-27(22)24(21)29)14-26(16-20)12-4-7-17-5-2-1-3-6-17/h1-3,5-6,10-11,18-20H,4,7-9,12-16H2,(H,25,28)/t18-,20-/m1/s1. The topological polar surface area (TPSA) is 54.3 Å². The third kappa shape index (κ3) is 4.01. The van der Waals surface area contributed by atoms with Crippen molar-refractivity contribution < 1.29 is 4.79 Å². The molecule has 0 spiro atoms. The number of pyridine rings is 1. The van der Waals surface area contributed by atoms with E-state index in [1.807, 2.05) is 10.6 Å². The predicted molar refractivity (Wildman–Crippen MR) is 114 cm³/mol. The summed E-state index contributed by atoms with van der Waals surface area (Å²) in [6.45, 7) is 3.98. The van der Waals surface area contributed by atoms with E-state index < -0.39 is 0 Å². The van der Waals surface area contributed by atoms with E-state index in [1.54, 1.807) is 0 Å². The maximum atomic E-state index is 13.0. The molecule has 2 bridgehead atoms. The van der Waals surface area contributed by atoms with Crippen molar-refractivity contribution in [3.05, 3.63) is 64.1 Å². The number of aryl methyl sites for hydroxylation is 1. The molecule has 0 unspecified atom stereocenters. The summed E-state index contributed by atoms with van der Waals surface area (Å²) in [6, 6.07) is 14.6. The minimum atomic E-state index is -0.0243. The molecule has 5 nitrogen and oxygen atoms in total. The van der Waals surface area contributed by atoms with Gasteiger partial charge in [0.1, 0.15) is 5.69 Å². The molecule has 0 radical (unpaired) electrons. The van der Waals surface area contributed by atoms with Gasteiger partial charge in [-0.05, 0) is 62.3 Å². The fraction of sp³-hybridized carbons (Fsp3) is 0.500. The van der Waals surface area contributed by atoms with Crippen molar-refractivity contribution in [3.63, 3.8) is 0 Å².